The van der Waals surface area contributed by atoms with E-state index in [4.69, 9.17) is 4.74 Å². The molecule has 0 bridgehead atoms. The molecule has 0 amide bonds. The molecule has 27 heavy (non-hydrogen) atoms. The normalized spacial score (nSPS) is 16.6. The number of aryl methyl sites for hydroxylation is 1. The lowest BCUT2D eigenvalue weighted by Gasteiger charge is -2.34. The summed E-state index contributed by atoms with van der Waals surface area (Å²) in [6.45, 7) is 11.8. The van der Waals surface area contributed by atoms with E-state index in [0.717, 1.165) is 38.5 Å². The molecule has 1 heterocycles. The van der Waals surface area contributed by atoms with Gasteiger partial charge in [0.1, 0.15) is 25.0 Å². The van der Waals surface area contributed by atoms with E-state index >= 15 is 0 Å². The van der Waals surface area contributed by atoms with E-state index in [2.05, 4.69) is 68.1 Å². The first-order valence-corrected chi connectivity index (χ1v) is 10.1. The molecule has 1 aliphatic rings. The van der Waals surface area contributed by atoms with Crippen molar-refractivity contribution in [3.8, 4) is 5.75 Å². The standard InChI is InChI=1S/C23H32N2O2/c1-18(2)23-10-9-22(15-19(23)3)27-17-21(26)16-24-11-13-25(14-12-24)20-7-5-4-6-8-20/h4-10,15,18,21,26H,11-14,16-17H2,1-3H3/p+1/t21-/m0/s1. The van der Waals surface area contributed by atoms with Crippen LogP contribution in [0.15, 0.2) is 48.5 Å². The predicted octanol–water partition coefficient (Wildman–Crippen LogP) is 2.26. The smallest absolute Gasteiger partial charge is 0.137 e. The second kappa shape index (κ2) is 9.25. The monoisotopic (exact) mass is 369 g/mol. The predicted molar refractivity (Wildman–Crippen MR) is 111 cm³/mol. The Morgan fingerprint density at radius 1 is 1.07 bits per heavy atom. The van der Waals surface area contributed by atoms with Gasteiger partial charge in [0, 0.05) is 5.69 Å². The van der Waals surface area contributed by atoms with E-state index in [-0.39, 0.29) is 0 Å². The first kappa shape index (κ1) is 19.7. The first-order chi connectivity index (χ1) is 13.0. The SMILES string of the molecule is Cc1cc(OC[C@@H](O)C[NH+]2CCN(c3ccccc3)CC2)ccc1C(C)C. The molecule has 0 radical (unpaired) electrons. The van der Waals surface area contributed by atoms with Crippen LogP contribution < -0.4 is 14.5 Å². The number of nitrogens with one attached hydrogen (secondary N) is 1. The molecule has 0 unspecified atom stereocenters. The van der Waals surface area contributed by atoms with Gasteiger partial charge in [-0.1, -0.05) is 38.1 Å². The Labute approximate surface area is 163 Å². The van der Waals surface area contributed by atoms with Crippen LogP contribution in [0.3, 0.4) is 0 Å². The zero-order chi connectivity index (χ0) is 19.2. The average molecular weight is 370 g/mol. The molecule has 1 aliphatic heterocycles. The van der Waals surface area contributed by atoms with Gasteiger partial charge in [-0.2, -0.15) is 0 Å². The molecule has 2 aromatic carbocycles. The number of quaternary nitrogens is 1. The van der Waals surface area contributed by atoms with Crippen LogP contribution in [0.5, 0.6) is 5.75 Å². The molecule has 4 heteroatoms. The van der Waals surface area contributed by atoms with Gasteiger partial charge >= 0.3 is 0 Å². The fraction of sp³-hybridized carbons (Fsp3) is 0.478. The third-order valence-electron chi connectivity index (χ3n) is 5.42. The molecule has 1 saturated heterocycles. The summed E-state index contributed by atoms with van der Waals surface area (Å²) in [7, 11) is 0. The number of benzene rings is 2. The molecule has 0 aromatic heterocycles. The van der Waals surface area contributed by atoms with E-state index in [1.807, 2.05) is 6.07 Å². The van der Waals surface area contributed by atoms with Gasteiger partial charge in [0.15, 0.2) is 0 Å². The summed E-state index contributed by atoms with van der Waals surface area (Å²) in [5.74, 6) is 1.36. The average Bonchev–Trinajstić information content (AvgIpc) is 2.67. The summed E-state index contributed by atoms with van der Waals surface area (Å²) >= 11 is 0. The summed E-state index contributed by atoms with van der Waals surface area (Å²) < 4.78 is 5.84. The second-order valence-electron chi connectivity index (χ2n) is 7.91. The third kappa shape index (κ3) is 5.47. The van der Waals surface area contributed by atoms with Crippen molar-refractivity contribution in [3.05, 3.63) is 59.7 Å². The van der Waals surface area contributed by atoms with Crippen LogP contribution >= 0.6 is 0 Å². The van der Waals surface area contributed by atoms with Crippen LogP contribution in [-0.2, 0) is 0 Å². The highest BCUT2D eigenvalue weighted by atomic mass is 16.5. The van der Waals surface area contributed by atoms with Crippen LogP contribution in [0.2, 0.25) is 0 Å². The number of piperazine rings is 1. The molecule has 1 atom stereocenters. The number of rotatable bonds is 7. The Hall–Kier alpha value is -2.04. The van der Waals surface area contributed by atoms with E-state index < -0.39 is 6.10 Å². The quantitative estimate of drug-likeness (QED) is 0.786. The summed E-state index contributed by atoms with van der Waals surface area (Å²) in [5, 5.41) is 10.4. The van der Waals surface area contributed by atoms with Crippen molar-refractivity contribution in [2.45, 2.75) is 32.8 Å². The lowest BCUT2D eigenvalue weighted by Crippen LogP contribution is -3.16. The van der Waals surface area contributed by atoms with Crippen molar-refractivity contribution in [2.24, 2.45) is 0 Å². The third-order valence-corrected chi connectivity index (χ3v) is 5.42. The molecule has 146 valence electrons. The van der Waals surface area contributed by atoms with Crippen molar-refractivity contribution >= 4 is 5.69 Å². The first-order valence-electron chi connectivity index (χ1n) is 10.1. The van der Waals surface area contributed by atoms with Gasteiger partial charge in [-0.25, -0.2) is 0 Å². The summed E-state index contributed by atoms with van der Waals surface area (Å²) in [6.07, 6.45) is -0.437. The zero-order valence-corrected chi connectivity index (χ0v) is 16.8. The lowest BCUT2D eigenvalue weighted by molar-refractivity contribution is -0.903. The molecule has 0 aliphatic carbocycles. The van der Waals surface area contributed by atoms with Gasteiger partial charge in [-0.15, -0.1) is 0 Å². The maximum Gasteiger partial charge on any atom is 0.137 e. The summed E-state index contributed by atoms with van der Waals surface area (Å²) in [5.41, 5.74) is 3.89. The molecule has 1 fully saturated rings. The number of aliphatic hydroxyl groups excluding tert-OH is 1. The second-order valence-corrected chi connectivity index (χ2v) is 7.91. The van der Waals surface area contributed by atoms with Gasteiger partial charge in [0.25, 0.3) is 0 Å². The van der Waals surface area contributed by atoms with Crippen molar-refractivity contribution in [1.29, 1.82) is 0 Å². The Morgan fingerprint density at radius 3 is 2.41 bits per heavy atom. The number of anilines is 1. The highest BCUT2D eigenvalue weighted by Crippen LogP contribution is 2.23. The molecule has 3 rings (SSSR count). The van der Waals surface area contributed by atoms with Gasteiger partial charge in [0.2, 0.25) is 0 Å². The minimum Gasteiger partial charge on any atom is -0.491 e. The number of hydrogen-bond acceptors (Lipinski definition) is 3. The van der Waals surface area contributed by atoms with Crippen molar-refractivity contribution in [3.63, 3.8) is 0 Å². The molecule has 2 aromatic rings. The van der Waals surface area contributed by atoms with Crippen LogP contribution in [0.1, 0.15) is 30.9 Å². The lowest BCUT2D eigenvalue weighted by atomic mass is 9.98. The van der Waals surface area contributed by atoms with Crippen LogP contribution in [0.4, 0.5) is 5.69 Å². The highest BCUT2D eigenvalue weighted by molar-refractivity contribution is 5.46. The largest absolute Gasteiger partial charge is 0.491 e. The van der Waals surface area contributed by atoms with Crippen LogP contribution in [0, 0.1) is 6.92 Å². The van der Waals surface area contributed by atoms with Gasteiger partial charge in [0.05, 0.1) is 26.2 Å². The molecular weight excluding hydrogens is 336 g/mol. The van der Waals surface area contributed by atoms with Crippen molar-refractivity contribution in [2.75, 3.05) is 44.2 Å². The minimum atomic E-state index is -0.437. The molecule has 0 spiro atoms. The maximum absolute atomic E-state index is 10.4. The minimum absolute atomic E-state index is 0.354. The van der Waals surface area contributed by atoms with Gasteiger partial charge in [-0.05, 0) is 48.2 Å². The van der Waals surface area contributed by atoms with Crippen molar-refractivity contribution in [1.82, 2.24) is 0 Å². The summed E-state index contributed by atoms with van der Waals surface area (Å²) in [4.78, 5) is 3.87. The highest BCUT2D eigenvalue weighted by Gasteiger charge is 2.22. The van der Waals surface area contributed by atoms with Crippen LogP contribution in [-0.4, -0.2) is 50.5 Å². The molecular formula is C23H33N2O2+. The Kier molecular flexibility index (Phi) is 6.75. The number of nitrogens with zero attached hydrogens (tertiary/aromatic N) is 1. The molecule has 4 nitrogen and oxygen atoms in total. The van der Waals surface area contributed by atoms with E-state index in [1.54, 1.807) is 0 Å². The Balaban J connectivity index is 1.42. The molecule has 0 saturated carbocycles. The number of para-hydroxylation sites is 1. The summed E-state index contributed by atoms with van der Waals surface area (Å²) in [6, 6.07) is 16.8. The zero-order valence-electron chi connectivity index (χ0n) is 16.8. The van der Waals surface area contributed by atoms with E-state index in [0.29, 0.717) is 12.5 Å². The van der Waals surface area contributed by atoms with E-state index in [1.165, 1.54) is 21.7 Å². The topological polar surface area (TPSA) is 37.1 Å². The number of hydrogen-bond donors (Lipinski definition) is 2. The fourth-order valence-electron chi connectivity index (χ4n) is 3.89. The number of ether oxygens (including phenoxy) is 1. The van der Waals surface area contributed by atoms with E-state index in [9.17, 15) is 5.11 Å². The van der Waals surface area contributed by atoms with Crippen LogP contribution in [0.25, 0.3) is 0 Å². The number of aliphatic hydroxyl groups is 1. The molecule has 2 N–H and O–H groups in total. The van der Waals surface area contributed by atoms with Gasteiger partial charge in [-0.3, -0.25) is 0 Å². The fourth-order valence-corrected chi connectivity index (χ4v) is 3.89. The van der Waals surface area contributed by atoms with Crippen molar-refractivity contribution < 1.29 is 14.7 Å². The van der Waals surface area contributed by atoms with Gasteiger partial charge < -0.3 is 19.6 Å². The maximum atomic E-state index is 10.4. The Morgan fingerprint density at radius 2 is 1.78 bits per heavy atom. The Bertz CT molecular complexity index is 710.